The number of carbonyl (C=O) groups is 1. The number of hydrogen-bond donors (Lipinski definition) is 1. The fourth-order valence-corrected chi connectivity index (χ4v) is 6.20. The summed E-state index contributed by atoms with van der Waals surface area (Å²) in [5, 5.41) is 2.59. The first-order valence-electron chi connectivity index (χ1n) is 11.5. The van der Waals surface area contributed by atoms with Crippen molar-refractivity contribution in [1.82, 2.24) is 13.9 Å². The normalized spacial score (nSPS) is 15.0. The average Bonchev–Trinajstić information content (AvgIpc) is 2.86. The summed E-state index contributed by atoms with van der Waals surface area (Å²) in [6.45, 7) is 0.714. The molecule has 0 aliphatic carbocycles. The monoisotopic (exact) mass is 542 g/mol. The molecule has 198 valence electrons. The Kier molecular flexibility index (Phi) is 9.28. The van der Waals surface area contributed by atoms with E-state index in [0.29, 0.717) is 18.8 Å². The van der Waals surface area contributed by atoms with Crippen LogP contribution in [0.15, 0.2) is 53.4 Å². The minimum absolute atomic E-state index is 0.0843. The lowest BCUT2D eigenvalue weighted by Gasteiger charge is -2.26. The lowest BCUT2D eigenvalue weighted by Crippen LogP contribution is -2.46. The number of carbonyl (C=O) groups excluding carboxylic acids is 1. The van der Waals surface area contributed by atoms with Gasteiger partial charge in [0.1, 0.15) is 24.7 Å². The molecule has 0 spiro atoms. The molecule has 1 aliphatic rings. The maximum absolute atomic E-state index is 13.3. The Balaban J connectivity index is 1.53. The number of hydrogen-bond acceptors (Lipinski definition) is 6. The van der Waals surface area contributed by atoms with E-state index in [1.807, 2.05) is 0 Å². The van der Waals surface area contributed by atoms with Gasteiger partial charge in [0, 0.05) is 27.2 Å². The third-order valence-electron chi connectivity index (χ3n) is 5.61. The van der Waals surface area contributed by atoms with E-state index < -0.39 is 38.5 Å². The summed E-state index contributed by atoms with van der Waals surface area (Å²) in [5.74, 6) is -0.666. The fraction of sp³-hybridized carbons (Fsp3) is 0.435. The molecule has 1 fully saturated rings. The molecule has 1 N–H and O–H groups in total. The third kappa shape index (κ3) is 6.93. The van der Waals surface area contributed by atoms with Crippen LogP contribution in [0.25, 0.3) is 0 Å². The number of rotatable bonds is 11. The molecule has 10 nitrogen and oxygen atoms in total. The predicted octanol–water partition coefficient (Wildman–Crippen LogP) is 1.81. The maximum Gasteiger partial charge on any atom is 0.304 e. The summed E-state index contributed by atoms with van der Waals surface area (Å²) in [6, 6.07) is 10.9. The van der Waals surface area contributed by atoms with E-state index in [-0.39, 0.29) is 23.7 Å². The van der Waals surface area contributed by atoms with Crippen LogP contribution in [0.2, 0.25) is 0 Å². The molecule has 0 bridgehead atoms. The first-order chi connectivity index (χ1) is 17.0. The Morgan fingerprint density at radius 1 is 0.972 bits per heavy atom. The number of halogens is 1. The van der Waals surface area contributed by atoms with Crippen LogP contribution in [0.5, 0.6) is 5.75 Å². The van der Waals surface area contributed by atoms with Gasteiger partial charge in [0.2, 0.25) is 15.9 Å². The highest BCUT2D eigenvalue weighted by Gasteiger charge is 2.28. The van der Waals surface area contributed by atoms with E-state index in [2.05, 4.69) is 5.32 Å². The summed E-state index contributed by atoms with van der Waals surface area (Å²) in [5.41, 5.74) is 0.149. The van der Waals surface area contributed by atoms with Crippen molar-refractivity contribution in [3.63, 3.8) is 0 Å². The molecule has 0 saturated carbocycles. The van der Waals surface area contributed by atoms with Crippen LogP contribution in [-0.4, -0.2) is 78.2 Å². The van der Waals surface area contributed by atoms with Gasteiger partial charge in [0.25, 0.3) is 0 Å². The molecule has 0 atom stereocenters. The van der Waals surface area contributed by atoms with Crippen LogP contribution in [0.1, 0.15) is 19.3 Å². The van der Waals surface area contributed by atoms with E-state index in [4.69, 9.17) is 4.74 Å². The minimum atomic E-state index is -4.00. The van der Waals surface area contributed by atoms with Gasteiger partial charge in [0.15, 0.2) is 0 Å². The summed E-state index contributed by atoms with van der Waals surface area (Å²) in [6.07, 6.45) is 2.74. The zero-order chi connectivity index (χ0) is 26.3. The number of nitrogens with zero attached hydrogens (tertiary/aromatic N) is 3. The van der Waals surface area contributed by atoms with Crippen molar-refractivity contribution < 1.29 is 30.8 Å². The Hall–Kier alpha value is -2.74. The van der Waals surface area contributed by atoms with Crippen molar-refractivity contribution in [3.05, 3.63) is 54.3 Å². The summed E-state index contributed by atoms with van der Waals surface area (Å²) in [4.78, 5) is 12.6. The Labute approximate surface area is 211 Å². The van der Waals surface area contributed by atoms with Crippen LogP contribution in [0.4, 0.5) is 10.1 Å². The summed E-state index contributed by atoms with van der Waals surface area (Å²) in [7, 11) is -4.86. The van der Waals surface area contributed by atoms with Gasteiger partial charge in [0.05, 0.1) is 17.1 Å². The molecule has 1 amide bonds. The van der Waals surface area contributed by atoms with Crippen molar-refractivity contribution in [2.75, 3.05) is 51.2 Å². The highest BCUT2D eigenvalue weighted by atomic mass is 32.2. The number of anilines is 1. The molecular weight excluding hydrogens is 511 g/mol. The van der Waals surface area contributed by atoms with E-state index in [1.165, 1.54) is 42.7 Å². The number of ether oxygens (including phenoxy) is 1. The molecule has 36 heavy (non-hydrogen) atoms. The van der Waals surface area contributed by atoms with Gasteiger partial charge in [-0.25, -0.2) is 17.1 Å². The first kappa shape index (κ1) is 27.8. The molecule has 2 aromatic rings. The fourth-order valence-electron chi connectivity index (χ4n) is 3.62. The second-order valence-corrected chi connectivity index (χ2v) is 12.4. The summed E-state index contributed by atoms with van der Waals surface area (Å²) < 4.78 is 73.0. The number of amides is 1. The van der Waals surface area contributed by atoms with E-state index in [0.717, 1.165) is 40.0 Å². The Morgan fingerprint density at radius 2 is 1.58 bits per heavy atom. The molecule has 0 unspecified atom stereocenters. The average molecular weight is 543 g/mol. The lowest BCUT2D eigenvalue weighted by atomic mass is 10.2. The zero-order valence-electron chi connectivity index (χ0n) is 20.3. The molecule has 1 aliphatic heterocycles. The van der Waals surface area contributed by atoms with E-state index in [9.17, 15) is 26.0 Å². The van der Waals surface area contributed by atoms with Gasteiger partial charge >= 0.3 is 10.2 Å². The maximum atomic E-state index is 13.3. The SMILES string of the molecule is CN(C)S(=O)(=O)N(CC(=O)NCCOc1ccc(S(=O)(=O)N2CCCCC2)cc1)c1ccc(F)cc1. The van der Waals surface area contributed by atoms with Crippen LogP contribution in [0.3, 0.4) is 0 Å². The smallest absolute Gasteiger partial charge is 0.304 e. The van der Waals surface area contributed by atoms with Gasteiger partial charge in [-0.15, -0.1) is 0 Å². The zero-order valence-corrected chi connectivity index (χ0v) is 21.9. The van der Waals surface area contributed by atoms with Crippen molar-refractivity contribution in [2.45, 2.75) is 24.2 Å². The van der Waals surface area contributed by atoms with Crippen molar-refractivity contribution >= 4 is 31.8 Å². The molecule has 13 heteroatoms. The molecule has 0 radical (unpaired) electrons. The number of benzene rings is 2. The van der Waals surface area contributed by atoms with E-state index in [1.54, 1.807) is 12.1 Å². The number of nitrogens with one attached hydrogen (secondary N) is 1. The molecule has 2 aromatic carbocycles. The Bertz CT molecular complexity index is 1230. The van der Waals surface area contributed by atoms with Crippen LogP contribution >= 0.6 is 0 Å². The van der Waals surface area contributed by atoms with Crippen LogP contribution in [0, 0.1) is 5.82 Å². The van der Waals surface area contributed by atoms with Crippen LogP contribution < -0.4 is 14.4 Å². The second-order valence-electron chi connectivity index (χ2n) is 8.41. The highest BCUT2D eigenvalue weighted by Crippen LogP contribution is 2.23. The molecular formula is C23H31FN4O6S2. The minimum Gasteiger partial charge on any atom is -0.492 e. The predicted molar refractivity (Wildman–Crippen MR) is 134 cm³/mol. The molecule has 3 rings (SSSR count). The molecule has 1 heterocycles. The van der Waals surface area contributed by atoms with Crippen LogP contribution in [-0.2, 0) is 25.0 Å². The second kappa shape index (κ2) is 12.0. The first-order valence-corrected chi connectivity index (χ1v) is 14.3. The third-order valence-corrected chi connectivity index (χ3v) is 9.34. The highest BCUT2D eigenvalue weighted by molar-refractivity contribution is 7.90. The van der Waals surface area contributed by atoms with Crippen molar-refractivity contribution in [1.29, 1.82) is 0 Å². The number of piperidine rings is 1. The van der Waals surface area contributed by atoms with Gasteiger partial charge in [-0.1, -0.05) is 6.42 Å². The largest absolute Gasteiger partial charge is 0.492 e. The summed E-state index contributed by atoms with van der Waals surface area (Å²) >= 11 is 0. The molecule has 0 aromatic heterocycles. The Morgan fingerprint density at radius 3 is 2.17 bits per heavy atom. The quantitative estimate of drug-likeness (QED) is 0.433. The van der Waals surface area contributed by atoms with Crippen molar-refractivity contribution in [2.24, 2.45) is 0 Å². The van der Waals surface area contributed by atoms with Crippen molar-refractivity contribution in [3.8, 4) is 5.75 Å². The lowest BCUT2D eigenvalue weighted by molar-refractivity contribution is -0.119. The van der Waals surface area contributed by atoms with Gasteiger partial charge in [-0.2, -0.15) is 17.0 Å². The van der Waals surface area contributed by atoms with Gasteiger partial charge in [-0.3, -0.25) is 4.79 Å². The topological polar surface area (TPSA) is 116 Å². The van der Waals surface area contributed by atoms with E-state index >= 15 is 0 Å². The van der Waals surface area contributed by atoms with Gasteiger partial charge < -0.3 is 10.1 Å². The van der Waals surface area contributed by atoms with Gasteiger partial charge in [-0.05, 0) is 61.4 Å². The standard InChI is InChI=1S/C23H31FN4O6S2/c1-26(2)36(32,33)28(20-8-6-19(24)7-9-20)18-23(29)25-14-17-34-21-10-12-22(13-11-21)35(30,31)27-15-4-3-5-16-27/h6-13H,3-5,14-18H2,1-2H3,(H,25,29). The molecule has 1 saturated heterocycles. The number of sulfonamides is 1.